The van der Waals surface area contributed by atoms with E-state index in [1.54, 1.807) is 109 Å². The van der Waals surface area contributed by atoms with Crippen molar-refractivity contribution < 1.29 is 18.0 Å². The van der Waals surface area contributed by atoms with Crippen LogP contribution in [-0.2, 0) is 16.6 Å². The Hall–Kier alpha value is -4.43. The van der Waals surface area contributed by atoms with Crippen LogP contribution >= 0.6 is 23.2 Å². The van der Waals surface area contributed by atoms with Crippen LogP contribution in [0.15, 0.2) is 126 Å². The molecule has 0 aromatic heterocycles. The maximum absolute atomic E-state index is 13.8. The molecule has 0 bridgehead atoms. The van der Waals surface area contributed by atoms with Gasteiger partial charge in [-0.3, -0.25) is 13.9 Å². The Morgan fingerprint density at radius 3 is 2.00 bits per heavy atom. The Balaban J connectivity index is 1.41. The lowest BCUT2D eigenvalue weighted by atomic mass is 10.0. The third-order valence-electron chi connectivity index (χ3n) is 6.82. The van der Waals surface area contributed by atoms with E-state index in [9.17, 15) is 18.0 Å². The van der Waals surface area contributed by atoms with Crippen molar-refractivity contribution in [2.75, 3.05) is 9.62 Å². The Kier molecular flexibility index (Phi) is 8.97. The fourth-order valence-electron chi connectivity index (χ4n) is 4.55. The fourth-order valence-corrected chi connectivity index (χ4v) is 6.42. The summed E-state index contributed by atoms with van der Waals surface area (Å²) in [6, 6.07) is 33.3. The minimum Gasteiger partial charge on any atom is -0.321 e. The number of rotatable bonds is 9. The lowest BCUT2D eigenvalue weighted by Gasteiger charge is -2.26. The molecule has 0 spiro atoms. The third kappa shape index (κ3) is 6.81. The van der Waals surface area contributed by atoms with Gasteiger partial charge in [0.25, 0.3) is 15.9 Å². The molecule has 0 unspecified atom stereocenters. The van der Waals surface area contributed by atoms with Crippen molar-refractivity contribution in [1.29, 1.82) is 0 Å². The van der Waals surface area contributed by atoms with Crippen molar-refractivity contribution in [2.45, 2.75) is 18.4 Å². The number of carbonyl (C=O) groups is 2. The molecule has 0 saturated heterocycles. The quantitative estimate of drug-likeness (QED) is 0.167. The van der Waals surface area contributed by atoms with Gasteiger partial charge in [-0.15, -0.1) is 0 Å². The summed E-state index contributed by atoms with van der Waals surface area (Å²) in [5.41, 5.74) is 3.23. The molecule has 0 saturated carbocycles. The molecule has 6 nitrogen and oxygen atoms in total. The van der Waals surface area contributed by atoms with E-state index in [1.165, 1.54) is 10.4 Å². The summed E-state index contributed by atoms with van der Waals surface area (Å²) in [6.07, 6.45) is 0. The summed E-state index contributed by atoms with van der Waals surface area (Å²) in [5.74, 6) is -0.708. The second-order valence-electron chi connectivity index (χ2n) is 9.79. The minimum absolute atomic E-state index is 0.00716. The average molecular weight is 630 g/mol. The van der Waals surface area contributed by atoms with E-state index in [2.05, 4.69) is 5.32 Å². The first-order valence-corrected chi connectivity index (χ1v) is 15.5. The number of aryl methyl sites for hydroxylation is 1. The Morgan fingerprint density at radius 1 is 0.721 bits per heavy atom. The first-order chi connectivity index (χ1) is 20.6. The van der Waals surface area contributed by atoms with E-state index < -0.39 is 15.9 Å². The lowest BCUT2D eigenvalue weighted by molar-refractivity contribution is 0.102. The summed E-state index contributed by atoms with van der Waals surface area (Å²) in [5, 5.41) is 3.59. The Bertz CT molecular complexity index is 1900. The van der Waals surface area contributed by atoms with Gasteiger partial charge in [-0.25, -0.2) is 8.42 Å². The minimum atomic E-state index is -3.95. The molecule has 0 aliphatic rings. The summed E-state index contributed by atoms with van der Waals surface area (Å²) >= 11 is 12.4. The van der Waals surface area contributed by atoms with Crippen LogP contribution < -0.4 is 9.62 Å². The smallest absolute Gasteiger partial charge is 0.264 e. The van der Waals surface area contributed by atoms with Gasteiger partial charge in [0.2, 0.25) is 0 Å². The van der Waals surface area contributed by atoms with Crippen molar-refractivity contribution in [2.24, 2.45) is 0 Å². The second kappa shape index (κ2) is 12.8. The van der Waals surface area contributed by atoms with E-state index in [-0.39, 0.29) is 22.8 Å². The topological polar surface area (TPSA) is 83.6 Å². The zero-order chi connectivity index (χ0) is 30.6. The van der Waals surface area contributed by atoms with Crippen LogP contribution in [0, 0.1) is 6.92 Å². The van der Waals surface area contributed by atoms with Crippen LogP contribution in [0.1, 0.15) is 37.4 Å². The molecule has 0 heterocycles. The number of hydrogen-bond acceptors (Lipinski definition) is 4. The fraction of sp³-hybridized carbons (Fsp3) is 0.0588. The van der Waals surface area contributed by atoms with E-state index in [1.807, 2.05) is 13.0 Å². The number of nitrogens with one attached hydrogen (secondary N) is 1. The molecule has 0 fully saturated rings. The van der Waals surface area contributed by atoms with Crippen molar-refractivity contribution in [3.63, 3.8) is 0 Å². The summed E-state index contributed by atoms with van der Waals surface area (Å²) in [7, 11) is -3.95. The number of carbonyl (C=O) groups excluding carboxylic acids is 2. The lowest BCUT2D eigenvalue weighted by Crippen LogP contribution is -2.31. The van der Waals surface area contributed by atoms with Crippen LogP contribution in [0.5, 0.6) is 0 Å². The Labute approximate surface area is 260 Å². The SMILES string of the molecule is Cc1ccc(Cl)cc1N(Cc1ccc(C(=O)Nc2ccc(Cl)cc2C(=O)c2ccccc2)cc1)S(=O)(=O)c1ccccc1. The Morgan fingerprint density at radius 2 is 1.33 bits per heavy atom. The van der Waals surface area contributed by atoms with Gasteiger partial charge in [0, 0.05) is 26.7 Å². The number of anilines is 2. The van der Waals surface area contributed by atoms with E-state index in [0.29, 0.717) is 38.1 Å². The summed E-state index contributed by atoms with van der Waals surface area (Å²) < 4.78 is 28.9. The van der Waals surface area contributed by atoms with Gasteiger partial charge in [0.1, 0.15) is 0 Å². The molecule has 1 amide bonds. The molecule has 5 aromatic rings. The van der Waals surface area contributed by atoms with Crippen LogP contribution in [0.25, 0.3) is 0 Å². The predicted molar refractivity (Wildman–Crippen MR) is 172 cm³/mol. The largest absolute Gasteiger partial charge is 0.321 e. The number of ketones is 1. The number of nitrogens with zero attached hydrogens (tertiary/aromatic N) is 1. The van der Waals surface area contributed by atoms with Gasteiger partial charge < -0.3 is 5.32 Å². The van der Waals surface area contributed by atoms with Gasteiger partial charge >= 0.3 is 0 Å². The highest BCUT2D eigenvalue weighted by Gasteiger charge is 2.27. The highest BCUT2D eigenvalue weighted by molar-refractivity contribution is 7.92. The van der Waals surface area contributed by atoms with E-state index >= 15 is 0 Å². The van der Waals surface area contributed by atoms with Crippen LogP contribution in [0.3, 0.4) is 0 Å². The van der Waals surface area contributed by atoms with Crippen LogP contribution in [0.4, 0.5) is 11.4 Å². The molecule has 5 rings (SSSR count). The van der Waals surface area contributed by atoms with Crippen LogP contribution in [0.2, 0.25) is 10.0 Å². The van der Waals surface area contributed by atoms with Gasteiger partial charge in [-0.1, -0.05) is 89.9 Å². The molecule has 5 aromatic carbocycles. The summed E-state index contributed by atoms with van der Waals surface area (Å²) in [4.78, 5) is 26.5. The number of halogens is 2. The van der Waals surface area contributed by atoms with Crippen molar-refractivity contribution in [1.82, 2.24) is 0 Å². The van der Waals surface area contributed by atoms with Crippen molar-refractivity contribution in [3.8, 4) is 0 Å². The monoisotopic (exact) mass is 628 g/mol. The maximum Gasteiger partial charge on any atom is 0.264 e. The highest BCUT2D eigenvalue weighted by atomic mass is 35.5. The first-order valence-electron chi connectivity index (χ1n) is 13.3. The van der Waals surface area contributed by atoms with Gasteiger partial charge in [-0.05, 0) is 72.6 Å². The van der Waals surface area contributed by atoms with E-state index in [4.69, 9.17) is 23.2 Å². The normalized spacial score (nSPS) is 11.1. The molecular weight excluding hydrogens is 603 g/mol. The third-order valence-corrected chi connectivity index (χ3v) is 9.07. The highest BCUT2D eigenvalue weighted by Crippen LogP contribution is 2.31. The number of amides is 1. The average Bonchev–Trinajstić information content (AvgIpc) is 3.02. The molecule has 0 atom stereocenters. The van der Waals surface area contributed by atoms with Crippen molar-refractivity contribution >= 4 is 56.3 Å². The van der Waals surface area contributed by atoms with E-state index in [0.717, 1.165) is 5.56 Å². The first kappa shape index (κ1) is 30.0. The maximum atomic E-state index is 13.8. The zero-order valence-corrected chi connectivity index (χ0v) is 25.3. The van der Waals surface area contributed by atoms with Crippen molar-refractivity contribution in [3.05, 3.63) is 159 Å². The van der Waals surface area contributed by atoms with Crippen LogP contribution in [-0.4, -0.2) is 20.1 Å². The number of benzene rings is 5. The standard InChI is InChI=1S/C34H26Cl2N2O4S/c1-23-12-17-28(36)21-32(23)38(43(41,42)29-10-6-3-7-11-29)22-24-13-15-26(16-14-24)34(40)37-31-19-18-27(35)20-30(31)33(39)25-8-4-2-5-9-25/h2-21H,22H2,1H3,(H,37,40). The van der Waals surface area contributed by atoms with Gasteiger partial charge in [0.15, 0.2) is 5.78 Å². The molecule has 9 heteroatoms. The second-order valence-corrected chi connectivity index (χ2v) is 12.5. The molecule has 0 aliphatic heterocycles. The van der Waals surface area contributed by atoms with Gasteiger partial charge in [-0.2, -0.15) is 0 Å². The zero-order valence-electron chi connectivity index (χ0n) is 23.0. The number of hydrogen-bond donors (Lipinski definition) is 1. The summed E-state index contributed by atoms with van der Waals surface area (Å²) in [6.45, 7) is 1.83. The molecule has 1 N–H and O–H groups in total. The molecule has 216 valence electrons. The molecule has 0 radical (unpaired) electrons. The van der Waals surface area contributed by atoms with Gasteiger partial charge in [0.05, 0.1) is 22.8 Å². The molecule has 0 aliphatic carbocycles. The molecule has 43 heavy (non-hydrogen) atoms. The predicted octanol–water partition coefficient (Wildman–Crippen LogP) is 8.18. The molecular formula is C34H26Cl2N2O4S. The number of sulfonamides is 1.